The minimum Gasteiger partial charge on any atom is -0.367 e. The summed E-state index contributed by atoms with van der Waals surface area (Å²) < 4.78 is 1.38. The summed E-state index contributed by atoms with van der Waals surface area (Å²) >= 11 is 0. The number of hydrogen-bond donors (Lipinski definition) is 2. The largest absolute Gasteiger partial charge is 0.367 e. The molecular formula is C14H20N4O. The van der Waals surface area contributed by atoms with Crippen LogP contribution in [-0.4, -0.2) is 28.9 Å². The van der Waals surface area contributed by atoms with E-state index in [1.54, 1.807) is 7.05 Å². The number of nitrogens with one attached hydrogen (secondary N) is 2. The van der Waals surface area contributed by atoms with Crippen molar-refractivity contribution in [1.82, 2.24) is 15.1 Å². The standard InChI is InChI=1S/C14H20N4O/c1-10(2)15-8-9-16-13-11-6-4-5-7-12(11)14(19)18(3)17-13/h4-7,10,15H,8-9H2,1-3H3,(H,16,17). The van der Waals surface area contributed by atoms with Gasteiger partial charge in [-0.25, -0.2) is 4.68 Å². The summed E-state index contributed by atoms with van der Waals surface area (Å²) in [4.78, 5) is 12.0. The Labute approximate surface area is 112 Å². The van der Waals surface area contributed by atoms with E-state index in [0.29, 0.717) is 11.4 Å². The number of fused-ring (bicyclic) bond motifs is 1. The minimum atomic E-state index is -0.0681. The molecule has 0 fully saturated rings. The number of benzene rings is 1. The second-order valence-corrected chi connectivity index (χ2v) is 4.86. The molecule has 0 bridgehead atoms. The van der Waals surface area contributed by atoms with E-state index in [4.69, 9.17) is 0 Å². The predicted octanol–water partition coefficient (Wildman–Crippen LogP) is 1.34. The average molecular weight is 260 g/mol. The molecule has 1 heterocycles. The maximum absolute atomic E-state index is 12.0. The molecule has 19 heavy (non-hydrogen) atoms. The lowest BCUT2D eigenvalue weighted by molar-refractivity contribution is 0.601. The first-order valence-electron chi connectivity index (χ1n) is 6.53. The molecule has 2 aromatic rings. The van der Waals surface area contributed by atoms with E-state index in [0.717, 1.165) is 24.3 Å². The van der Waals surface area contributed by atoms with Crippen LogP contribution in [0.1, 0.15) is 13.8 Å². The first-order valence-corrected chi connectivity index (χ1v) is 6.53. The Bertz CT molecular complexity index is 618. The van der Waals surface area contributed by atoms with Crippen molar-refractivity contribution in [1.29, 1.82) is 0 Å². The van der Waals surface area contributed by atoms with Crippen molar-refractivity contribution in [3.8, 4) is 0 Å². The molecule has 0 saturated carbocycles. The van der Waals surface area contributed by atoms with Crippen molar-refractivity contribution in [3.63, 3.8) is 0 Å². The zero-order valence-electron chi connectivity index (χ0n) is 11.6. The van der Waals surface area contributed by atoms with Crippen LogP contribution in [0, 0.1) is 0 Å². The van der Waals surface area contributed by atoms with Crippen molar-refractivity contribution in [2.24, 2.45) is 7.05 Å². The lowest BCUT2D eigenvalue weighted by atomic mass is 10.2. The van der Waals surface area contributed by atoms with Crippen LogP contribution in [0.5, 0.6) is 0 Å². The van der Waals surface area contributed by atoms with Crippen LogP contribution in [0.15, 0.2) is 29.1 Å². The van der Waals surface area contributed by atoms with E-state index < -0.39 is 0 Å². The maximum Gasteiger partial charge on any atom is 0.274 e. The summed E-state index contributed by atoms with van der Waals surface area (Å²) in [6.07, 6.45) is 0. The molecule has 0 aliphatic heterocycles. The topological polar surface area (TPSA) is 59.0 Å². The molecule has 5 nitrogen and oxygen atoms in total. The third-order valence-electron chi connectivity index (χ3n) is 2.93. The Morgan fingerprint density at radius 3 is 2.58 bits per heavy atom. The number of nitrogens with zero attached hydrogens (tertiary/aromatic N) is 2. The van der Waals surface area contributed by atoms with Crippen LogP contribution < -0.4 is 16.2 Å². The van der Waals surface area contributed by atoms with Gasteiger partial charge in [0.1, 0.15) is 0 Å². The number of anilines is 1. The molecule has 0 aliphatic carbocycles. The average Bonchev–Trinajstić information content (AvgIpc) is 2.40. The zero-order chi connectivity index (χ0) is 13.8. The van der Waals surface area contributed by atoms with E-state index in [9.17, 15) is 4.79 Å². The van der Waals surface area contributed by atoms with Crippen LogP contribution in [0.4, 0.5) is 5.82 Å². The van der Waals surface area contributed by atoms with Gasteiger partial charge in [0.05, 0.1) is 5.39 Å². The van der Waals surface area contributed by atoms with Crippen molar-refractivity contribution < 1.29 is 0 Å². The Morgan fingerprint density at radius 2 is 1.89 bits per heavy atom. The van der Waals surface area contributed by atoms with Crippen LogP contribution in [0.3, 0.4) is 0 Å². The van der Waals surface area contributed by atoms with Crippen molar-refractivity contribution >= 4 is 16.6 Å². The van der Waals surface area contributed by atoms with Gasteiger partial charge in [-0.2, -0.15) is 5.10 Å². The summed E-state index contributed by atoms with van der Waals surface area (Å²) in [6.45, 7) is 5.85. The van der Waals surface area contributed by atoms with E-state index in [1.807, 2.05) is 24.3 Å². The number of aromatic nitrogens is 2. The smallest absolute Gasteiger partial charge is 0.274 e. The molecule has 0 aliphatic rings. The Kier molecular flexibility index (Phi) is 4.16. The van der Waals surface area contributed by atoms with Crippen LogP contribution >= 0.6 is 0 Å². The number of aryl methyl sites for hydroxylation is 1. The van der Waals surface area contributed by atoms with Gasteiger partial charge in [-0.3, -0.25) is 4.79 Å². The molecule has 5 heteroatoms. The fourth-order valence-corrected chi connectivity index (χ4v) is 1.97. The van der Waals surface area contributed by atoms with Crippen LogP contribution in [-0.2, 0) is 7.05 Å². The normalized spacial score (nSPS) is 11.2. The summed E-state index contributed by atoms with van der Waals surface area (Å²) in [6, 6.07) is 8.00. The molecule has 2 rings (SSSR count). The molecule has 0 saturated heterocycles. The van der Waals surface area contributed by atoms with E-state index in [2.05, 4.69) is 29.6 Å². The Morgan fingerprint density at radius 1 is 1.21 bits per heavy atom. The van der Waals surface area contributed by atoms with Gasteiger partial charge >= 0.3 is 0 Å². The van der Waals surface area contributed by atoms with Gasteiger partial charge < -0.3 is 10.6 Å². The fourth-order valence-electron chi connectivity index (χ4n) is 1.97. The van der Waals surface area contributed by atoms with Crippen molar-refractivity contribution in [3.05, 3.63) is 34.6 Å². The van der Waals surface area contributed by atoms with E-state index in [1.165, 1.54) is 4.68 Å². The first kappa shape index (κ1) is 13.5. The van der Waals surface area contributed by atoms with Gasteiger partial charge in [0, 0.05) is 31.6 Å². The fraction of sp³-hybridized carbons (Fsp3) is 0.429. The van der Waals surface area contributed by atoms with E-state index in [-0.39, 0.29) is 5.56 Å². The minimum absolute atomic E-state index is 0.0681. The molecule has 0 spiro atoms. The van der Waals surface area contributed by atoms with Gasteiger partial charge in [0.15, 0.2) is 5.82 Å². The molecule has 1 aromatic heterocycles. The first-order chi connectivity index (χ1) is 9.09. The Balaban J connectivity index is 2.23. The van der Waals surface area contributed by atoms with Gasteiger partial charge in [-0.1, -0.05) is 32.0 Å². The number of rotatable bonds is 5. The molecule has 0 atom stereocenters. The number of hydrogen-bond acceptors (Lipinski definition) is 4. The summed E-state index contributed by atoms with van der Waals surface area (Å²) in [5, 5.41) is 12.5. The molecule has 102 valence electrons. The van der Waals surface area contributed by atoms with Gasteiger partial charge in [-0.05, 0) is 6.07 Å². The van der Waals surface area contributed by atoms with Crippen LogP contribution in [0.25, 0.3) is 10.8 Å². The lowest BCUT2D eigenvalue weighted by Crippen LogP contribution is -2.29. The highest BCUT2D eigenvalue weighted by Crippen LogP contribution is 2.16. The Hall–Kier alpha value is -1.88. The molecule has 1 aromatic carbocycles. The summed E-state index contributed by atoms with van der Waals surface area (Å²) in [5.41, 5.74) is -0.0681. The van der Waals surface area contributed by atoms with Crippen molar-refractivity contribution in [2.75, 3.05) is 18.4 Å². The van der Waals surface area contributed by atoms with Gasteiger partial charge in [0.25, 0.3) is 5.56 Å². The maximum atomic E-state index is 12.0. The quantitative estimate of drug-likeness (QED) is 0.797. The highest BCUT2D eigenvalue weighted by molar-refractivity contribution is 5.90. The predicted molar refractivity (Wildman–Crippen MR) is 78.6 cm³/mol. The highest BCUT2D eigenvalue weighted by Gasteiger charge is 2.07. The second-order valence-electron chi connectivity index (χ2n) is 4.86. The summed E-state index contributed by atoms with van der Waals surface area (Å²) in [7, 11) is 1.67. The molecular weight excluding hydrogens is 240 g/mol. The monoisotopic (exact) mass is 260 g/mol. The van der Waals surface area contributed by atoms with E-state index >= 15 is 0 Å². The molecule has 0 radical (unpaired) electrons. The molecule has 0 unspecified atom stereocenters. The SMILES string of the molecule is CC(C)NCCNc1nn(C)c(=O)c2ccccc12. The van der Waals surface area contributed by atoms with Gasteiger partial charge in [0.2, 0.25) is 0 Å². The molecule has 2 N–H and O–H groups in total. The summed E-state index contributed by atoms with van der Waals surface area (Å²) in [5.74, 6) is 0.753. The van der Waals surface area contributed by atoms with Gasteiger partial charge in [-0.15, -0.1) is 0 Å². The lowest BCUT2D eigenvalue weighted by Gasteiger charge is -2.12. The molecule has 0 amide bonds. The van der Waals surface area contributed by atoms with Crippen LogP contribution in [0.2, 0.25) is 0 Å². The highest BCUT2D eigenvalue weighted by atomic mass is 16.1. The second kappa shape index (κ2) is 5.84. The third-order valence-corrected chi connectivity index (χ3v) is 2.93. The van der Waals surface area contributed by atoms with Crippen molar-refractivity contribution in [2.45, 2.75) is 19.9 Å². The zero-order valence-corrected chi connectivity index (χ0v) is 11.6. The third kappa shape index (κ3) is 3.12.